The van der Waals surface area contributed by atoms with Crippen LogP contribution in [0.15, 0.2) is 229 Å². The smallest absolute Gasteiger partial charge is 0.0205 e. The Balaban J connectivity index is 0.863. The third-order valence-electron chi connectivity index (χ3n) is 12.7. The monoisotopic (exact) mass is 708 g/mol. The van der Waals surface area contributed by atoms with E-state index >= 15 is 0 Å². The minimum Gasteiger partial charge on any atom is -0.0622 e. The molecule has 0 N–H and O–H groups in total. The molecular weight excluding hydrogens is 673 g/mol. The Kier molecular flexibility index (Phi) is 6.86. The van der Waals surface area contributed by atoms with E-state index in [4.69, 9.17) is 0 Å². The van der Waals surface area contributed by atoms with E-state index in [9.17, 15) is 0 Å². The highest BCUT2D eigenvalue weighted by Crippen LogP contribution is 2.54. The molecule has 0 aromatic heterocycles. The van der Waals surface area contributed by atoms with Crippen LogP contribution in [0.1, 0.15) is 11.1 Å². The van der Waals surface area contributed by atoms with E-state index in [0.717, 1.165) is 0 Å². The van der Waals surface area contributed by atoms with Crippen molar-refractivity contribution in [3.63, 3.8) is 0 Å². The normalized spacial score (nSPS) is 18.2. The molecule has 0 heteroatoms. The lowest BCUT2D eigenvalue weighted by atomic mass is 9.61. The zero-order valence-electron chi connectivity index (χ0n) is 30.8. The van der Waals surface area contributed by atoms with Crippen LogP contribution in [0.3, 0.4) is 0 Å². The largest absolute Gasteiger partial charge is 0.0622 e. The maximum absolute atomic E-state index is 2.37. The highest BCUT2D eigenvalue weighted by Gasteiger charge is 2.40. The SMILES string of the molecule is C1=CC2=C(c3ccccc3)C=CC3=CC=C4C(c5ccc(-c6ccc(-c7ccc8ccc9c(-c%10ccccc%10)ccc%10ccc7c8c%109)cc6)cc5)=CC=C1C4C32. The number of rotatable bonds is 5. The van der Waals surface area contributed by atoms with Gasteiger partial charge in [0.15, 0.2) is 0 Å². The minimum atomic E-state index is 0.330. The third-order valence-corrected chi connectivity index (χ3v) is 12.7. The summed E-state index contributed by atoms with van der Waals surface area (Å²) in [7, 11) is 0. The Bertz CT molecular complexity index is 3120. The van der Waals surface area contributed by atoms with E-state index in [0.29, 0.717) is 11.8 Å². The first-order valence-corrected chi connectivity index (χ1v) is 19.7. The summed E-state index contributed by atoms with van der Waals surface area (Å²) in [5.74, 6) is 0.671. The second-order valence-electron chi connectivity index (χ2n) is 15.6. The maximum Gasteiger partial charge on any atom is 0.0205 e. The van der Waals surface area contributed by atoms with Gasteiger partial charge in [0.2, 0.25) is 0 Å². The van der Waals surface area contributed by atoms with Crippen molar-refractivity contribution >= 4 is 43.5 Å². The fourth-order valence-corrected chi connectivity index (χ4v) is 10.0. The Labute approximate surface area is 327 Å². The van der Waals surface area contributed by atoms with Gasteiger partial charge in [-0.1, -0.05) is 206 Å². The molecule has 2 atom stereocenters. The Hall–Kier alpha value is -7.02. The van der Waals surface area contributed by atoms with Crippen LogP contribution in [0, 0.1) is 11.8 Å². The molecular formula is C56H36. The van der Waals surface area contributed by atoms with Gasteiger partial charge in [-0.05, 0) is 110 Å². The van der Waals surface area contributed by atoms with Gasteiger partial charge in [-0.3, -0.25) is 0 Å². The predicted octanol–water partition coefficient (Wildman–Crippen LogP) is 14.6. The average Bonchev–Trinajstić information content (AvgIpc) is 3.28. The molecule has 0 heterocycles. The maximum atomic E-state index is 2.37. The number of benzene rings is 8. The number of hydrogen-bond acceptors (Lipinski definition) is 0. The predicted molar refractivity (Wildman–Crippen MR) is 237 cm³/mol. The summed E-state index contributed by atoms with van der Waals surface area (Å²) in [6.45, 7) is 0. The molecule has 56 heavy (non-hydrogen) atoms. The second-order valence-corrected chi connectivity index (χ2v) is 15.6. The van der Waals surface area contributed by atoms with Crippen molar-refractivity contribution in [2.45, 2.75) is 0 Å². The van der Waals surface area contributed by atoms with Crippen molar-refractivity contribution in [2.75, 3.05) is 0 Å². The molecule has 4 aliphatic carbocycles. The molecule has 0 fully saturated rings. The van der Waals surface area contributed by atoms with Gasteiger partial charge >= 0.3 is 0 Å². The molecule has 0 saturated heterocycles. The van der Waals surface area contributed by atoms with E-state index in [1.54, 1.807) is 0 Å². The van der Waals surface area contributed by atoms with Crippen molar-refractivity contribution in [1.82, 2.24) is 0 Å². The summed E-state index contributed by atoms with van der Waals surface area (Å²) in [6, 6.07) is 58.3. The molecule has 0 radical (unpaired) electrons. The van der Waals surface area contributed by atoms with Crippen molar-refractivity contribution in [2.24, 2.45) is 11.8 Å². The molecule has 0 bridgehead atoms. The quantitative estimate of drug-likeness (QED) is 0.156. The van der Waals surface area contributed by atoms with Gasteiger partial charge in [0, 0.05) is 11.8 Å². The Morgan fingerprint density at radius 3 is 1.46 bits per heavy atom. The molecule has 0 spiro atoms. The van der Waals surface area contributed by atoms with Gasteiger partial charge in [0.1, 0.15) is 0 Å². The van der Waals surface area contributed by atoms with Crippen LogP contribution in [0.25, 0.3) is 76.8 Å². The number of hydrogen-bond donors (Lipinski definition) is 0. The van der Waals surface area contributed by atoms with Gasteiger partial charge in [-0.15, -0.1) is 0 Å². The summed E-state index contributed by atoms with van der Waals surface area (Å²) >= 11 is 0. The van der Waals surface area contributed by atoms with E-state index in [1.807, 2.05) is 0 Å². The van der Waals surface area contributed by atoms with Gasteiger partial charge in [-0.25, -0.2) is 0 Å². The van der Waals surface area contributed by atoms with Crippen molar-refractivity contribution in [3.05, 3.63) is 240 Å². The van der Waals surface area contributed by atoms with E-state index in [-0.39, 0.29) is 0 Å². The lowest BCUT2D eigenvalue weighted by molar-refractivity contribution is 0.569. The first-order valence-electron chi connectivity index (χ1n) is 19.7. The van der Waals surface area contributed by atoms with Crippen LogP contribution in [0.4, 0.5) is 0 Å². The van der Waals surface area contributed by atoms with Crippen molar-refractivity contribution in [3.8, 4) is 33.4 Å². The molecule has 2 unspecified atom stereocenters. The number of allylic oxidation sites excluding steroid dienone is 14. The van der Waals surface area contributed by atoms with Crippen LogP contribution in [-0.2, 0) is 0 Å². The summed E-state index contributed by atoms with van der Waals surface area (Å²) in [4.78, 5) is 0. The lowest BCUT2D eigenvalue weighted by Gasteiger charge is -2.42. The lowest BCUT2D eigenvalue weighted by Crippen LogP contribution is -2.30. The molecule has 12 rings (SSSR count). The molecule has 0 saturated carbocycles. The topological polar surface area (TPSA) is 0 Å². The summed E-state index contributed by atoms with van der Waals surface area (Å²) in [6.07, 6.45) is 18.8. The van der Waals surface area contributed by atoms with Crippen molar-refractivity contribution in [1.29, 1.82) is 0 Å². The fraction of sp³-hybridized carbons (Fsp3) is 0.0357. The molecule has 8 aromatic carbocycles. The molecule has 0 amide bonds. The zero-order valence-corrected chi connectivity index (χ0v) is 30.8. The molecule has 0 nitrogen and oxygen atoms in total. The van der Waals surface area contributed by atoms with E-state index in [1.165, 1.54) is 110 Å². The highest BCUT2D eigenvalue weighted by atomic mass is 14.4. The van der Waals surface area contributed by atoms with Crippen molar-refractivity contribution < 1.29 is 0 Å². The fourth-order valence-electron chi connectivity index (χ4n) is 10.0. The summed E-state index contributed by atoms with van der Waals surface area (Å²) < 4.78 is 0. The van der Waals surface area contributed by atoms with Gasteiger partial charge < -0.3 is 0 Å². The van der Waals surface area contributed by atoms with Gasteiger partial charge in [0.05, 0.1) is 0 Å². The zero-order chi connectivity index (χ0) is 36.7. The highest BCUT2D eigenvalue weighted by molar-refractivity contribution is 6.27. The molecule has 0 aliphatic heterocycles. The summed E-state index contributed by atoms with van der Waals surface area (Å²) in [5, 5.41) is 7.89. The minimum absolute atomic E-state index is 0.330. The van der Waals surface area contributed by atoms with Crippen LogP contribution >= 0.6 is 0 Å². The van der Waals surface area contributed by atoms with Crippen LogP contribution in [-0.4, -0.2) is 0 Å². The van der Waals surface area contributed by atoms with Gasteiger partial charge in [-0.2, -0.15) is 0 Å². The van der Waals surface area contributed by atoms with E-state index in [2.05, 4.69) is 206 Å². The second kappa shape index (κ2) is 12.2. The Morgan fingerprint density at radius 1 is 0.321 bits per heavy atom. The van der Waals surface area contributed by atoms with Crippen LogP contribution in [0.2, 0.25) is 0 Å². The van der Waals surface area contributed by atoms with Gasteiger partial charge in [0.25, 0.3) is 0 Å². The van der Waals surface area contributed by atoms with Crippen LogP contribution in [0.5, 0.6) is 0 Å². The standard InChI is InChI=1S/C56H36/c1-3-7-37(8-4-1)45-27-19-41-25-33-51-47(29-21-43-23-31-49(45)53(41)55(43)51)39-15-11-35(12-16-39)36-13-17-40(18-14-36)48-30-22-44-24-32-50-46(38-9-5-2-6-10-38)28-20-42-26-34-52(48)56(44)54(42)50/h1-34,53,55H. The third kappa shape index (κ3) is 4.73. The van der Waals surface area contributed by atoms with Crippen LogP contribution < -0.4 is 0 Å². The molecule has 260 valence electrons. The first-order chi connectivity index (χ1) is 27.8. The molecule has 4 aliphatic rings. The molecule has 8 aromatic rings. The Morgan fingerprint density at radius 2 is 0.821 bits per heavy atom. The van der Waals surface area contributed by atoms with E-state index < -0.39 is 0 Å². The average molecular weight is 709 g/mol. The summed E-state index contributed by atoms with van der Waals surface area (Å²) in [5.41, 5.74) is 18.4. The first kappa shape index (κ1) is 31.3.